The third kappa shape index (κ3) is 5.65. The maximum Gasteiger partial charge on any atom is 0.414 e. The van der Waals surface area contributed by atoms with Gasteiger partial charge in [0.25, 0.3) is 5.08 Å². The topological polar surface area (TPSA) is 175 Å². The molecule has 0 radical (unpaired) electrons. The van der Waals surface area contributed by atoms with Gasteiger partial charge in [0.2, 0.25) is 8.03 Å². The van der Waals surface area contributed by atoms with Crippen molar-refractivity contribution in [1.82, 2.24) is 5.32 Å². The van der Waals surface area contributed by atoms with E-state index in [-0.39, 0.29) is 18.8 Å². The van der Waals surface area contributed by atoms with Crippen molar-refractivity contribution < 1.29 is 52.0 Å². The standard InChI is InChI=1S/C17H24FN3O10P2/c1-17(32(24)25,33(26,27)28)31-15(22)19-9-12-10-21(16(23)30-12)11-2-3-14(13(18)8-11)20-4-6-29-7-5-20/h2-3,8,12,32H,4-7,9-10H2,1H3,(H,19,22)(H,24,25)(H2,26,27,28)/t12-,17?/m0/s1. The molecule has 2 aliphatic heterocycles. The Kier molecular flexibility index (Phi) is 7.67. The number of halogens is 1. The molecular formula is C17H24FN3O10P2. The monoisotopic (exact) mass is 511 g/mol. The fourth-order valence-corrected chi connectivity index (χ4v) is 4.58. The molecule has 2 saturated heterocycles. The number of ether oxygens (including phenoxy) is 3. The Hall–Kier alpha value is -2.21. The molecule has 4 N–H and O–H groups in total. The molecule has 0 saturated carbocycles. The average Bonchev–Trinajstić information content (AvgIpc) is 3.12. The van der Waals surface area contributed by atoms with Gasteiger partial charge in [0, 0.05) is 13.1 Å². The second-order valence-electron chi connectivity index (χ2n) is 7.45. The van der Waals surface area contributed by atoms with Crippen LogP contribution in [0.2, 0.25) is 0 Å². The lowest BCUT2D eigenvalue weighted by Gasteiger charge is -2.29. The van der Waals surface area contributed by atoms with E-state index in [0.29, 0.717) is 38.9 Å². The zero-order valence-corrected chi connectivity index (χ0v) is 19.4. The molecule has 0 aliphatic carbocycles. The van der Waals surface area contributed by atoms with Gasteiger partial charge in [0.1, 0.15) is 11.9 Å². The number of alkyl carbamates (subject to hydrolysis) is 1. The number of amides is 2. The van der Waals surface area contributed by atoms with E-state index < -0.39 is 44.8 Å². The summed E-state index contributed by atoms with van der Waals surface area (Å²) in [6.07, 6.45) is -3.06. The molecule has 1 aromatic carbocycles. The molecule has 0 bridgehead atoms. The highest BCUT2D eigenvalue weighted by molar-refractivity contribution is 7.66. The van der Waals surface area contributed by atoms with Gasteiger partial charge in [0.05, 0.1) is 37.7 Å². The van der Waals surface area contributed by atoms with Crippen LogP contribution in [0.4, 0.5) is 25.4 Å². The number of anilines is 2. The largest absolute Gasteiger partial charge is 0.442 e. The minimum absolute atomic E-state index is 0.0538. The Morgan fingerprint density at radius 2 is 2.06 bits per heavy atom. The first-order valence-electron chi connectivity index (χ1n) is 9.78. The van der Waals surface area contributed by atoms with Crippen LogP contribution < -0.4 is 15.1 Å². The van der Waals surface area contributed by atoms with Crippen LogP contribution in [0.5, 0.6) is 0 Å². The van der Waals surface area contributed by atoms with E-state index in [9.17, 15) is 37.8 Å². The molecule has 33 heavy (non-hydrogen) atoms. The first-order valence-corrected chi connectivity index (χ1v) is 12.8. The minimum atomic E-state index is -5.27. The van der Waals surface area contributed by atoms with Crippen LogP contribution in [0.3, 0.4) is 0 Å². The van der Waals surface area contributed by atoms with Crippen LogP contribution >= 0.6 is 15.6 Å². The van der Waals surface area contributed by atoms with Crippen LogP contribution in [0.25, 0.3) is 0 Å². The van der Waals surface area contributed by atoms with Crippen LogP contribution in [-0.4, -0.2) is 77.4 Å². The molecule has 3 atom stereocenters. The fourth-order valence-electron chi connectivity index (χ4n) is 3.20. The van der Waals surface area contributed by atoms with Crippen molar-refractivity contribution in [3.8, 4) is 0 Å². The lowest BCUT2D eigenvalue weighted by atomic mass is 10.2. The first kappa shape index (κ1) is 25.4. The number of hydrogen-bond acceptors (Lipinski definition) is 8. The maximum absolute atomic E-state index is 14.6. The molecule has 13 nitrogen and oxygen atoms in total. The predicted octanol–water partition coefficient (Wildman–Crippen LogP) is 1.03. The number of benzene rings is 1. The van der Waals surface area contributed by atoms with Gasteiger partial charge in [0.15, 0.2) is 0 Å². The molecule has 2 unspecified atom stereocenters. The van der Waals surface area contributed by atoms with Crippen molar-refractivity contribution in [2.24, 2.45) is 0 Å². The zero-order valence-electron chi connectivity index (χ0n) is 17.5. The van der Waals surface area contributed by atoms with Crippen molar-refractivity contribution in [2.45, 2.75) is 18.1 Å². The summed E-state index contributed by atoms with van der Waals surface area (Å²) in [5, 5.41) is -0.774. The molecule has 2 aliphatic rings. The van der Waals surface area contributed by atoms with Crippen molar-refractivity contribution in [2.75, 3.05) is 49.2 Å². The third-order valence-electron chi connectivity index (χ3n) is 5.19. The number of rotatable bonds is 7. The van der Waals surface area contributed by atoms with E-state index in [2.05, 4.69) is 10.1 Å². The van der Waals surface area contributed by atoms with Crippen LogP contribution in [0.15, 0.2) is 18.2 Å². The number of morpholine rings is 1. The normalized spacial score (nSPS) is 21.8. The van der Waals surface area contributed by atoms with Crippen LogP contribution in [0, 0.1) is 5.82 Å². The fraction of sp³-hybridized carbons (Fsp3) is 0.529. The molecular weight excluding hydrogens is 487 g/mol. The zero-order chi connectivity index (χ0) is 24.4. The summed E-state index contributed by atoms with van der Waals surface area (Å²) < 4.78 is 52.3. The number of nitrogens with zero attached hydrogens (tertiary/aromatic N) is 2. The van der Waals surface area contributed by atoms with E-state index in [1.54, 1.807) is 12.1 Å². The molecule has 0 spiro atoms. The van der Waals surface area contributed by atoms with Gasteiger partial charge in [-0.1, -0.05) is 0 Å². The van der Waals surface area contributed by atoms with Gasteiger partial charge in [-0.25, -0.2) is 14.0 Å². The molecule has 184 valence electrons. The Bertz CT molecular complexity index is 986. The SMILES string of the molecule is CC(OC(=O)NC[C@H]1CN(c2ccc(N3CCOCC3)c(F)c2)C(=O)O1)([PH](=O)O)P(=O)(O)O. The predicted molar refractivity (Wildman–Crippen MR) is 113 cm³/mol. The Balaban J connectivity index is 1.59. The Labute approximate surface area is 188 Å². The van der Waals surface area contributed by atoms with Gasteiger partial charge >= 0.3 is 19.8 Å². The number of cyclic esters (lactones) is 1. The average molecular weight is 511 g/mol. The van der Waals surface area contributed by atoms with Crippen molar-refractivity contribution in [3.63, 3.8) is 0 Å². The summed E-state index contributed by atoms with van der Waals surface area (Å²) >= 11 is 0. The number of nitrogens with one attached hydrogen (secondary N) is 1. The number of carbonyl (C=O) groups is 2. The van der Waals surface area contributed by atoms with Gasteiger partial charge in [-0.15, -0.1) is 0 Å². The van der Waals surface area contributed by atoms with Gasteiger partial charge in [-0.3, -0.25) is 14.0 Å². The van der Waals surface area contributed by atoms with Gasteiger partial charge < -0.3 is 39.1 Å². The summed E-state index contributed by atoms with van der Waals surface area (Å²) in [4.78, 5) is 54.7. The van der Waals surface area contributed by atoms with E-state index in [1.165, 1.54) is 6.07 Å². The van der Waals surface area contributed by atoms with E-state index in [4.69, 9.17) is 9.47 Å². The summed E-state index contributed by atoms with van der Waals surface area (Å²) in [5.74, 6) is -0.525. The van der Waals surface area contributed by atoms with Crippen molar-refractivity contribution in [1.29, 1.82) is 0 Å². The minimum Gasteiger partial charge on any atom is -0.442 e. The first-order chi connectivity index (χ1) is 15.4. The highest BCUT2D eigenvalue weighted by atomic mass is 31.2. The summed E-state index contributed by atoms with van der Waals surface area (Å²) in [6, 6.07) is 4.30. The highest BCUT2D eigenvalue weighted by Gasteiger charge is 2.52. The third-order valence-corrected chi connectivity index (χ3v) is 8.73. The molecule has 3 rings (SSSR count). The quantitative estimate of drug-likeness (QED) is 0.385. The molecule has 0 aromatic heterocycles. The molecule has 2 heterocycles. The Morgan fingerprint density at radius 1 is 1.39 bits per heavy atom. The number of carbonyl (C=O) groups excluding carboxylic acids is 2. The summed E-state index contributed by atoms with van der Waals surface area (Å²) in [5.41, 5.74) is 0.624. The number of hydrogen-bond donors (Lipinski definition) is 4. The van der Waals surface area contributed by atoms with Crippen LogP contribution in [0.1, 0.15) is 6.92 Å². The van der Waals surface area contributed by atoms with E-state index >= 15 is 0 Å². The molecule has 16 heteroatoms. The lowest BCUT2D eigenvalue weighted by molar-refractivity contribution is 0.0940. The Morgan fingerprint density at radius 3 is 2.64 bits per heavy atom. The second-order valence-corrected chi connectivity index (χ2v) is 11.4. The van der Waals surface area contributed by atoms with E-state index in [0.717, 1.165) is 4.90 Å². The van der Waals surface area contributed by atoms with E-state index in [1.807, 2.05) is 4.90 Å². The highest BCUT2D eigenvalue weighted by Crippen LogP contribution is 2.61. The van der Waals surface area contributed by atoms with Crippen molar-refractivity contribution in [3.05, 3.63) is 24.0 Å². The maximum atomic E-state index is 14.6. The summed E-state index contributed by atoms with van der Waals surface area (Å²) in [7, 11) is -9.23. The molecule has 2 fully saturated rings. The molecule has 2 amide bonds. The molecule has 1 aromatic rings. The summed E-state index contributed by atoms with van der Waals surface area (Å²) in [6.45, 7) is 2.32. The lowest BCUT2D eigenvalue weighted by Crippen LogP contribution is -2.39. The van der Waals surface area contributed by atoms with Gasteiger partial charge in [-0.05, 0) is 25.1 Å². The second kappa shape index (κ2) is 9.96. The smallest absolute Gasteiger partial charge is 0.414 e. The van der Waals surface area contributed by atoms with Gasteiger partial charge in [-0.2, -0.15) is 0 Å². The van der Waals surface area contributed by atoms with Crippen LogP contribution in [-0.2, 0) is 23.3 Å². The van der Waals surface area contributed by atoms with Crippen molar-refractivity contribution >= 4 is 39.2 Å².